The Morgan fingerprint density at radius 2 is 1.78 bits per heavy atom. The third-order valence-corrected chi connectivity index (χ3v) is 5.19. The molecule has 1 fully saturated rings. The van der Waals surface area contributed by atoms with E-state index >= 15 is 0 Å². The van der Waals surface area contributed by atoms with E-state index in [2.05, 4.69) is 5.32 Å². The first-order valence-electron chi connectivity index (χ1n) is 9.08. The largest absolute Gasteiger partial charge is 0.457 e. The zero-order valence-electron chi connectivity index (χ0n) is 15.9. The summed E-state index contributed by atoms with van der Waals surface area (Å²) >= 11 is 11.3. The Bertz CT molecular complexity index is 1280. The summed E-state index contributed by atoms with van der Waals surface area (Å²) in [4.78, 5) is 26.5. The summed E-state index contributed by atoms with van der Waals surface area (Å²) in [6, 6.07) is 14.0. The highest BCUT2D eigenvalue weighted by Gasteiger charge is 2.35. The Hall–Kier alpha value is -3.43. The summed E-state index contributed by atoms with van der Waals surface area (Å²) in [5.74, 6) is -1.21. The molecule has 0 bridgehead atoms. The summed E-state index contributed by atoms with van der Waals surface area (Å²) < 4.78 is 44.5. The van der Waals surface area contributed by atoms with E-state index in [9.17, 15) is 22.8 Å². The number of hydrogen-bond acceptors (Lipinski definition) is 4. The van der Waals surface area contributed by atoms with Crippen molar-refractivity contribution in [3.8, 4) is 11.3 Å². The van der Waals surface area contributed by atoms with Gasteiger partial charge in [0.05, 0.1) is 16.3 Å². The number of amides is 2. The molecule has 1 aromatic heterocycles. The molecule has 1 aliphatic heterocycles. The van der Waals surface area contributed by atoms with Crippen LogP contribution in [0.5, 0.6) is 0 Å². The van der Waals surface area contributed by atoms with Crippen LogP contribution in [-0.2, 0) is 15.8 Å². The second-order valence-corrected chi connectivity index (χ2v) is 7.48. The Morgan fingerprint density at radius 3 is 2.50 bits per heavy atom. The van der Waals surface area contributed by atoms with Gasteiger partial charge in [0.15, 0.2) is 5.11 Å². The Morgan fingerprint density at radius 1 is 1.03 bits per heavy atom. The van der Waals surface area contributed by atoms with Gasteiger partial charge in [-0.1, -0.05) is 35.9 Å². The van der Waals surface area contributed by atoms with Crippen molar-refractivity contribution >= 4 is 52.5 Å². The number of carbonyl (C=O) groups excluding carboxylic acids is 2. The van der Waals surface area contributed by atoms with E-state index in [1.807, 2.05) is 0 Å². The van der Waals surface area contributed by atoms with Crippen LogP contribution in [-0.4, -0.2) is 16.9 Å². The zero-order chi connectivity index (χ0) is 23.0. The highest BCUT2D eigenvalue weighted by atomic mass is 35.5. The molecule has 32 heavy (non-hydrogen) atoms. The number of nitrogens with zero attached hydrogens (tertiary/aromatic N) is 1. The predicted octanol–water partition coefficient (Wildman–Crippen LogP) is 5.45. The number of furan rings is 1. The van der Waals surface area contributed by atoms with Gasteiger partial charge in [0.1, 0.15) is 17.1 Å². The van der Waals surface area contributed by atoms with Crippen LogP contribution in [0.15, 0.2) is 70.7 Å². The van der Waals surface area contributed by atoms with Gasteiger partial charge in [0, 0.05) is 5.56 Å². The highest BCUT2D eigenvalue weighted by Crippen LogP contribution is 2.33. The number of anilines is 1. The van der Waals surface area contributed by atoms with Gasteiger partial charge in [-0.05, 0) is 54.7 Å². The van der Waals surface area contributed by atoms with Crippen molar-refractivity contribution < 1.29 is 27.2 Å². The Balaban J connectivity index is 1.68. The van der Waals surface area contributed by atoms with Gasteiger partial charge in [0.2, 0.25) is 0 Å². The molecule has 0 atom stereocenters. The van der Waals surface area contributed by atoms with E-state index in [4.69, 9.17) is 28.2 Å². The molecule has 2 amide bonds. The first-order valence-corrected chi connectivity index (χ1v) is 9.87. The molecule has 1 saturated heterocycles. The fourth-order valence-electron chi connectivity index (χ4n) is 3.09. The van der Waals surface area contributed by atoms with Crippen LogP contribution < -0.4 is 10.2 Å². The number of carbonyl (C=O) groups is 2. The quantitative estimate of drug-likeness (QED) is 0.310. The van der Waals surface area contributed by atoms with E-state index in [-0.39, 0.29) is 32.8 Å². The summed E-state index contributed by atoms with van der Waals surface area (Å²) in [6.45, 7) is 0. The van der Waals surface area contributed by atoms with Gasteiger partial charge in [-0.25, -0.2) is 0 Å². The van der Waals surface area contributed by atoms with Crippen LogP contribution in [0.25, 0.3) is 17.4 Å². The number of thiocarbonyl (C=S) groups is 1. The maximum absolute atomic E-state index is 13.0. The molecule has 1 N–H and O–H groups in total. The number of para-hydroxylation sites is 1. The molecule has 2 aromatic carbocycles. The fourth-order valence-corrected chi connectivity index (χ4v) is 3.58. The molecule has 0 radical (unpaired) electrons. The monoisotopic (exact) mass is 476 g/mol. The molecule has 2 heterocycles. The van der Waals surface area contributed by atoms with Crippen LogP contribution in [0.1, 0.15) is 11.3 Å². The lowest BCUT2D eigenvalue weighted by Gasteiger charge is -2.29. The fraction of sp³-hybridized carbons (Fsp3) is 0.0455. The standard InChI is InChI=1S/C22H12ClF3N2O3S/c23-16-6-1-2-7-17(16)28-20(30)15(19(29)27-21(28)32)11-14-8-9-18(31-14)12-4-3-5-13(10-12)22(24,25)26/h1-11H,(H,27,29,32)/b15-11+. The Labute approximate surface area is 190 Å². The molecule has 0 saturated carbocycles. The zero-order valence-corrected chi connectivity index (χ0v) is 17.5. The molecule has 0 spiro atoms. The number of hydrogen-bond donors (Lipinski definition) is 1. The maximum Gasteiger partial charge on any atom is 0.416 e. The number of halogens is 4. The first-order chi connectivity index (χ1) is 15.1. The van der Waals surface area contributed by atoms with E-state index in [1.54, 1.807) is 24.3 Å². The summed E-state index contributed by atoms with van der Waals surface area (Å²) in [7, 11) is 0. The number of alkyl halides is 3. The van der Waals surface area contributed by atoms with Crippen molar-refractivity contribution in [1.82, 2.24) is 5.32 Å². The van der Waals surface area contributed by atoms with Crippen molar-refractivity contribution in [2.75, 3.05) is 4.90 Å². The molecular weight excluding hydrogens is 465 g/mol. The third kappa shape index (κ3) is 4.17. The minimum absolute atomic E-state index is 0.0999. The van der Waals surface area contributed by atoms with Crippen molar-refractivity contribution in [3.05, 3.63) is 82.6 Å². The van der Waals surface area contributed by atoms with Crippen LogP contribution in [0.2, 0.25) is 5.02 Å². The topological polar surface area (TPSA) is 62.6 Å². The average molecular weight is 477 g/mol. The lowest BCUT2D eigenvalue weighted by Crippen LogP contribution is -2.54. The van der Waals surface area contributed by atoms with E-state index in [1.165, 1.54) is 30.3 Å². The summed E-state index contributed by atoms with van der Waals surface area (Å²) in [5.41, 5.74) is -0.609. The minimum Gasteiger partial charge on any atom is -0.457 e. The van der Waals surface area contributed by atoms with Crippen molar-refractivity contribution in [3.63, 3.8) is 0 Å². The van der Waals surface area contributed by atoms with E-state index in [0.29, 0.717) is 5.69 Å². The SMILES string of the molecule is O=C1NC(=S)N(c2ccccc2Cl)C(=O)/C1=C/c1ccc(-c2cccc(C(F)(F)F)c2)o1. The van der Waals surface area contributed by atoms with Crippen LogP contribution in [0, 0.1) is 0 Å². The number of rotatable bonds is 3. The molecule has 5 nitrogen and oxygen atoms in total. The van der Waals surface area contributed by atoms with Crippen molar-refractivity contribution in [1.29, 1.82) is 0 Å². The second kappa shape index (κ2) is 8.25. The van der Waals surface area contributed by atoms with Crippen LogP contribution in [0.4, 0.5) is 18.9 Å². The van der Waals surface area contributed by atoms with Gasteiger partial charge >= 0.3 is 6.18 Å². The second-order valence-electron chi connectivity index (χ2n) is 6.69. The highest BCUT2D eigenvalue weighted by molar-refractivity contribution is 7.80. The number of nitrogens with one attached hydrogen (secondary N) is 1. The summed E-state index contributed by atoms with van der Waals surface area (Å²) in [6.07, 6.45) is -3.30. The van der Waals surface area contributed by atoms with E-state index in [0.717, 1.165) is 17.0 Å². The van der Waals surface area contributed by atoms with Gasteiger partial charge in [0.25, 0.3) is 11.8 Å². The number of benzene rings is 2. The van der Waals surface area contributed by atoms with Crippen LogP contribution in [0.3, 0.4) is 0 Å². The molecular formula is C22H12ClF3N2O3S. The lowest BCUT2D eigenvalue weighted by molar-refractivity contribution is -0.137. The molecule has 162 valence electrons. The van der Waals surface area contributed by atoms with Crippen molar-refractivity contribution in [2.24, 2.45) is 0 Å². The molecule has 0 aliphatic carbocycles. The predicted molar refractivity (Wildman–Crippen MR) is 117 cm³/mol. The smallest absolute Gasteiger partial charge is 0.416 e. The molecule has 0 unspecified atom stereocenters. The Kier molecular flexibility index (Phi) is 5.62. The lowest BCUT2D eigenvalue weighted by atomic mass is 10.1. The summed E-state index contributed by atoms with van der Waals surface area (Å²) in [5, 5.41) is 2.55. The molecule has 1 aliphatic rings. The van der Waals surface area contributed by atoms with Gasteiger partial charge in [-0.2, -0.15) is 13.2 Å². The molecule has 10 heteroatoms. The van der Waals surface area contributed by atoms with Gasteiger partial charge in [-0.3, -0.25) is 19.8 Å². The van der Waals surface area contributed by atoms with Crippen molar-refractivity contribution in [2.45, 2.75) is 6.18 Å². The van der Waals surface area contributed by atoms with Gasteiger partial charge in [-0.15, -0.1) is 0 Å². The van der Waals surface area contributed by atoms with Gasteiger partial charge < -0.3 is 4.42 Å². The first kappa shape index (κ1) is 21.8. The maximum atomic E-state index is 13.0. The van der Waals surface area contributed by atoms with Crippen LogP contribution >= 0.6 is 23.8 Å². The average Bonchev–Trinajstić information content (AvgIpc) is 3.21. The minimum atomic E-state index is -4.50. The normalized spacial score (nSPS) is 15.9. The molecule has 3 aromatic rings. The third-order valence-electron chi connectivity index (χ3n) is 4.58. The molecule has 4 rings (SSSR count). The van der Waals surface area contributed by atoms with E-state index < -0.39 is 23.6 Å².